The Balaban J connectivity index is 1.77. The number of Topliss-reactive ketones (excluding diaryl/α,β-unsaturated/α-hetero) is 1. The summed E-state index contributed by atoms with van der Waals surface area (Å²) in [4.78, 5) is 12.8. The van der Waals surface area contributed by atoms with Gasteiger partial charge in [0, 0.05) is 22.9 Å². The second-order valence-corrected chi connectivity index (χ2v) is 8.42. The van der Waals surface area contributed by atoms with Crippen LogP contribution in [0.25, 0.3) is 0 Å². The third kappa shape index (κ3) is 4.23. The van der Waals surface area contributed by atoms with E-state index in [1.165, 1.54) is 0 Å². The zero-order chi connectivity index (χ0) is 22.7. The monoisotopic (exact) mass is 494 g/mol. The number of halogens is 1. The maximum Gasteiger partial charge on any atom is 0.205 e. The van der Waals surface area contributed by atoms with Gasteiger partial charge >= 0.3 is 0 Å². The predicted octanol–water partition coefficient (Wildman–Crippen LogP) is 5.24. The van der Waals surface area contributed by atoms with E-state index in [0.717, 1.165) is 5.56 Å². The molecule has 7 heteroatoms. The van der Waals surface area contributed by atoms with E-state index in [0.29, 0.717) is 65.3 Å². The predicted molar refractivity (Wildman–Crippen MR) is 123 cm³/mol. The van der Waals surface area contributed by atoms with E-state index in [4.69, 9.17) is 19.9 Å². The van der Waals surface area contributed by atoms with Crippen LogP contribution >= 0.6 is 15.9 Å². The lowest BCUT2D eigenvalue weighted by Crippen LogP contribution is -2.27. The average molecular weight is 495 g/mol. The quantitative estimate of drug-likeness (QED) is 0.589. The molecule has 0 radical (unpaired) electrons. The summed E-state index contributed by atoms with van der Waals surface area (Å²) in [6.07, 6.45) is 1.74. The van der Waals surface area contributed by atoms with E-state index in [-0.39, 0.29) is 17.2 Å². The fourth-order valence-electron chi connectivity index (χ4n) is 4.06. The highest BCUT2D eigenvalue weighted by atomic mass is 79.9. The molecular formula is C25H23BrN2O4. The Bertz CT molecular complexity index is 1150. The molecule has 4 rings (SSSR count). The minimum absolute atomic E-state index is 0.0224. The first kappa shape index (κ1) is 22.0. The molecule has 2 aliphatic rings. The van der Waals surface area contributed by atoms with Crippen molar-refractivity contribution >= 4 is 21.7 Å². The summed E-state index contributed by atoms with van der Waals surface area (Å²) < 4.78 is 18.3. The van der Waals surface area contributed by atoms with E-state index in [1.54, 1.807) is 0 Å². The Kier molecular flexibility index (Phi) is 6.52. The van der Waals surface area contributed by atoms with E-state index in [2.05, 4.69) is 22.0 Å². The maximum atomic E-state index is 12.8. The highest BCUT2D eigenvalue weighted by Crippen LogP contribution is 2.47. The number of nitriles is 1. The molecule has 0 bridgehead atoms. The fourth-order valence-corrected chi connectivity index (χ4v) is 4.61. The van der Waals surface area contributed by atoms with Gasteiger partial charge in [-0.15, -0.1) is 0 Å². The van der Waals surface area contributed by atoms with E-state index in [1.807, 2.05) is 49.4 Å². The van der Waals surface area contributed by atoms with Crippen molar-refractivity contribution in [3.63, 3.8) is 0 Å². The van der Waals surface area contributed by atoms with Crippen LogP contribution in [0.3, 0.4) is 0 Å². The molecule has 1 aliphatic carbocycles. The van der Waals surface area contributed by atoms with Crippen LogP contribution in [0.5, 0.6) is 11.5 Å². The Morgan fingerprint density at radius 2 is 1.94 bits per heavy atom. The summed E-state index contributed by atoms with van der Waals surface area (Å²) in [6.45, 7) is 2.71. The highest BCUT2D eigenvalue weighted by molar-refractivity contribution is 9.10. The molecule has 2 aromatic carbocycles. The Labute approximate surface area is 195 Å². The Morgan fingerprint density at radius 1 is 1.19 bits per heavy atom. The Hall–Kier alpha value is -3.24. The molecule has 2 aromatic rings. The summed E-state index contributed by atoms with van der Waals surface area (Å²) in [5.41, 5.74) is 8.55. The molecule has 0 spiro atoms. The summed E-state index contributed by atoms with van der Waals surface area (Å²) in [5, 5.41) is 9.83. The summed E-state index contributed by atoms with van der Waals surface area (Å²) in [5.74, 6) is 1.06. The van der Waals surface area contributed by atoms with E-state index >= 15 is 0 Å². The normalized spacial score (nSPS) is 18.0. The molecule has 2 N–H and O–H groups in total. The lowest BCUT2D eigenvalue weighted by atomic mass is 9.77. The highest BCUT2D eigenvalue weighted by Gasteiger charge is 2.39. The summed E-state index contributed by atoms with van der Waals surface area (Å²) in [7, 11) is 0. The fraction of sp³-hybridized carbons (Fsp3) is 0.280. The molecule has 1 heterocycles. The lowest BCUT2D eigenvalue weighted by molar-refractivity contribution is -0.116. The van der Waals surface area contributed by atoms with Crippen LogP contribution in [0.4, 0.5) is 0 Å². The van der Waals surface area contributed by atoms with E-state index in [9.17, 15) is 10.1 Å². The topological polar surface area (TPSA) is 94.6 Å². The summed E-state index contributed by atoms with van der Waals surface area (Å²) >= 11 is 3.62. The van der Waals surface area contributed by atoms with Gasteiger partial charge in [0.2, 0.25) is 5.88 Å². The third-order valence-corrected chi connectivity index (χ3v) is 6.20. The molecule has 164 valence electrons. The minimum atomic E-state index is -0.617. The molecule has 1 atom stereocenters. The molecule has 32 heavy (non-hydrogen) atoms. The van der Waals surface area contributed by atoms with Gasteiger partial charge in [0.05, 0.1) is 12.5 Å². The third-order valence-electron chi connectivity index (χ3n) is 5.52. The number of hydrogen-bond donors (Lipinski definition) is 1. The van der Waals surface area contributed by atoms with Crippen molar-refractivity contribution in [2.24, 2.45) is 5.73 Å². The second-order valence-electron chi connectivity index (χ2n) is 7.57. The number of nitrogens with two attached hydrogens (primary N) is 1. The van der Waals surface area contributed by atoms with Gasteiger partial charge in [0.1, 0.15) is 24.0 Å². The van der Waals surface area contributed by atoms with Crippen molar-refractivity contribution in [2.75, 3.05) is 6.61 Å². The van der Waals surface area contributed by atoms with Crippen LogP contribution in [0, 0.1) is 11.3 Å². The number of nitrogens with zero attached hydrogens (tertiary/aromatic N) is 1. The molecule has 0 saturated carbocycles. The van der Waals surface area contributed by atoms with Gasteiger partial charge in [-0.05, 0) is 36.6 Å². The van der Waals surface area contributed by atoms with Crippen molar-refractivity contribution < 1.29 is 19.0 Å². The van der Waals surface area contributed by atoms with Crippen LogP contribution in [0.1, 0.15) is 43.2 Å². The van der Waals surface area contributed by atoms with Crippen LogP contribution in [0.2, 0.25) is 0 Å². The number of carbonyl (C=O) groups excluding carboxylic acids is 1. The maximum absolute atomic E-state index is 12.8. The number of hydrogen-bond acceptors (Lipinski definition) is 6. The van der Waals surface area contributed by atoms with Gasteiger partial charge < -0.3 is 19.9 Å². The first-order valence-corrected chi connectivity index (χ1v) is 11.3. The molecule has 0 unspecified atom stereocenters. The number of rotatable bonds is 6. The molecule has 0 amide bonds. The molecule has 6 nitrogen and oxygen atoms in total. The van der Waals surface area contributed by atoms with Gasteiger partial charge in [0.15, 0.2) is 17.3 Å². The number of ketones is 1. The summed E-state index contributed by atoms with van der Waals surface area (Å²) in [6, 6.07) is 15.6. The molecule has 1 aliphatic heterocycles. The van der Waals surface area contributed by atoms with Gasteiger partial charge in [-0.1, -0.05) is 46.3 Å². The zero-order valence-corrected chi connectivity index (χ0v) is 19.3. The molecule has 0 fully saturated rings. The van der Waals surface area contributed by atoms with Crippen LogP contribution in [-0.4, -0.2) is 12.4 Å². The van der Waals surface area contributed by atoms with Crippen LogP contribution in [-0.2, 0) is 16.1 Å². The smallest absolute Gasteiger partial charge is 0.205 e. The number of benzene rings is 2. The number of ether oxygens (including phenoxy) is 3. The van der Waals surface area contributed by atoms with Crippen molar-refractivity contribution in [3.8, 4) is 17.6 Å². The minimum Gasteiger partial charge on any atom is -0.490 e. The SMILES string of the molecule is CCOc1cc([C@@H]2C(C#N)=C(N)OC3=C2C(=O)CCC3)c(Br)cc1OCc1ccccc1. The van der Waals surface area contributed by atoms with E-state index < -0.39 is 5.92 Å². The Morgan fingerprint density at radius 3 is 2.66 bits per heavy atom. The molecule has 0 aromatic heterocycles. The standard InChI is InChI=1S/C25H23BrN2O4/c1-2-30-21-11-16(18(26)12-22(21)31-14-15-7-4-3-5-8-15)23-17(13-27)25(28)32-20-10-6-9-19(29)24(20)23/h3-5,7-8,11-12,23H,2,6,9-10,14,28H2,1H3/t23-/m1/s1. The number of carbonyl (C=O) groups is 1. The molecule has 0 saturated heterocycles. The van der Waals surface area contributed by atoms with Gasteiger partial charge in [0.25, 0.3) is 0 Å². The second kappa shape index (κ2) is 9.49. The molecular weight excluding hydrogens is 472 g/mol. The average Bonchev–Trinajstić information content (AvgIpc) is 2.79. The van der Waals surface area contributed by atoms with Crippen LogP contribution < -0.4 is 15.2 Å². The van der Waals surface area contributed by atoms with Crippen molar-refractivity contribution in [1.29, 1.82) is 5.26 Å². The van der Waals surface area contributed by atoms with Gasteiger partial charge in [-0.25, -0.2) is 0 Å². The first-order valence-electron chi connectivity index (χ1n) is 10.5. The number of allylic oxidation sites excluding steroid dienone is 3. The van der Waals surface area contributed by atoms with Crippen LogP contribution in [0.15, 0.2) is 69.7 Å². The lowest BCUT2D eigenvalue weighted by Gasteiger charge is -2.31. The van der Waals surface area contributed by atoms with Gasteiger partial charge in [-0.2, -0.15) is 5.26 Å². The van der Waals surface area contributed by atoms with Crippen molar-refractivity contribution in [1.82, 2.24) is 0 Å². The largest absolute Gasteiger partial charge is 0.490 e. The van der Waals surface area contributed by atoms with Crippen molar-refractivity contribution in [2.45, 2.75) is 38.7 Å². The zero-order valence-electron chi connectivity index (χ0n) is 17.7. The first-order chi connectivity index (χ1) is 15.5. The van der Waals surface area contributed by atoms with Crippen molar-refractivity contribution in [3.05, 3.63) is 80.9 Å². The van der Waals surface area contributed by atoms with Gasteiger partial charge in [-0.3, -0.25) is 4.79 Å².